The molecule has 1 unspecified atom stereocenters. The van der Waals surface area contributed by atoms with Crippen LogP contribution >= 0.6 is 0 Å². The first kappa shape index (κ1) is 9.03. The number of benzene rings is 1. The number of aliphatic hydroxyl groups excluding tert-OH is 1. The number of ether oxygens (including phenoxy) is 1. The monoisotopic (exact) mass is 168 g/mol. The number of hydrogen-bond acceptors (Lipinski definition) is 3. The van der Waals surface area contributed by atoms with Crippen molar-refractivity contribution in [3.63, 3.8) is 0 Å². The van der Waals surface area contributed by atoms with Crippen LogP contribution in [0.5, 0.6) is 5.75 Å². The van der Waals surface area contributed by atoms with Gasteiger partial charge in [0.25, 0.3) is 0 Å². The van der Waals surface area contributed by atoms with Crippen molar-refractivity contribution in [2.75, 3.05) is 7.11 Å². The van der Waals surface area contributed by atoms with E-state index in [1.807, 2.05) is 6.07 Å². The fraction of sp³-hybridized carbons (Fsp3) is 0.333. The molecule has 0 saturated heterocycles. The van der Waals surface area contributed by atoms with Gasteiger partial charge in [0.05, 0.1) is 0 Å². The van der Waals surface area contributed by atoms with Crippen molar-refractivity contribution in [3.8, 4) is 5.75 Å². The lowest BCUT2D eigenvalue weighted by Gasteiger charge is -2.07. The third-order valence-electron chi connectivity index (χ3n) is 1.59. The molecule has 3 nitrogen and oxygen atoms in total. The van der Waals surface area contributed by atoms with Crippen molar-refractivity contribution in [2.45, 2.75) is 12.7 Å². The number of hydrogen-bond donors (Lipinski definition) is 2. The van der Waals surface area contributed by atoms with Gasteiger partial charge in [-0.3, -0.25) is 0 Å². The third-order valence-corrected chi connectivity index (χ3v) is 1.59. The minimum absolute atomic E-state index is 0.204. The van der Waals surface area contributed by atoms with E-state index < -0.39 is 6.29 Å². The smallest absolute Gasteiger partial charge is 0.158 e. The van der Waals surface area contributed by atoms with E-state index >= 15 is 0 Å². The molecule has 0 spiro atoms. The van der Waals surface area contributed by atoms with Gasteiger partial charge in [0.2, 0.25) is 0 Å². The first-order valence-corrected chi connectivity index (χ1v) is 3.71. The molecular formula is C9H12O3. The van der Waals surface area contributed by atoms with E-state index in [4.69, 9.17) is 10.2 Å². The minimum atomic E-state index is -0.799. The first-order chi connectivity index (χ1) is 5.72. The van der Waals surface area contributed by atoms with Crippen LogP contribution in [0.25, 0.3) is 0 Å². The van der Waals surface area contributed by atoms with E-state index in [0.717, 1.165) is 5.56 Å². The zero-order valence-electron chi connectivity index (χ0n) is 6.90. The zero-order valence-corrected chi connectivity index (χ0v) is 6.90. The van der Waals surface area contributed by atoms with Crippen LogP contribution in [0.3, 0.4) is 0 Å². The van der Waals surface area contributed by atoms with E-state index in [2.05, 4.69) is 4.74 Å². The van der Waals surface area contributed by atoms with Crippen molar-refractivity contribution in [1.29, 1.82) is 0 Å². The highest BCUT2D eigenvalue weighted by Crippen LogP contribution is 2.12. The Kier molecular flexibility index (Phi) is 3.08. The number of phenolic OH excluding ortho intramolecular Hbond substituents is 1. The molecule has 66 valence electrons. The van der Waals surface area contributed by atoms with Crippen LogP contribution in [0.2, 0.25) is 0 Å². The Morgan fingerprint density at radius 1 is 1.50 bits per heavy atom. The highest BCUT2D eigenvalue weighted by Gasteiger charge is 2.02. The largest absolute Gasteiger partial charge is 0.508 e. The van der Waals surface area contributed by atoms with Gasteiger partial charge in [0, 0.05) is 13.5 Å². The lowest BCUT2D eigenvalue weighted by atomic mass is 10.1. The molecular weight excluding hydrogens is 156 g/mol. The molecule has 1 aromatic carbocycles. The molecule has 0 bridgehead atoms. The van der Waals surface area contributed by atoms with Crippen molar-refractivity contribution in [3.05, 3.63) is 29.8 Å². The third kappa shape index (κ3) is 2.53. The molecule has 0 saturated carbocycles. The van der Waals surface area contributed by atoms with Crippen LogP contribution in [-0.2, 0) is 11.2 Å². The zero-order chi connectivity index (χ0) is 8.97. The summed E-state index contributed by atoms with van der Waals surface area (Å²) >= 11 is 0. The van der Waals surface area contributed by atoms with Crippen molar-refractivity contribution >= 4 is 0 Å². The molecule has 0 heterocycles. The second-order valence-corrected chi connectivity index (χ2v) is 2.56. The van der Waals surface area contributed by atoms with Crippen LogP contribution in [0.4, 0.5) is 0 Å². The van der Waals surface area contributed by atoms with Crippen LogP contribution in [0, 0.1) is 0 Å². The van der Waals surface area contributed by atoms with Crippen molar-refractivity contribution < 1.29 is 14.9 Å². The molecule has 0 amide bonds. The maximum absolute atomic E-state index is 9.10. The van der Waals surface area contributed by atoms with Gasteiger partial charge in [0.1, 0.15) is 5.75 Å². The van der Waals surface area contributed by atoms with Gasteiger partial charge in [0.15, 0.2) is 6.29 Å². The number of rotatable bonds is 3. The molecule has 0 aliphatic heterocycles. The van der Waals surface area contributed by atoms with E-state index in [1.165, 1.54) is 7.11 Å². The Morgan fingerprint density at radius 3 is 2.83 bits per heavy atom. The highest BCUT2D eigenvalue weighted by atomic mass is 16.6. The fourth-order valence-electron chi connectivity index (χ4n) is 0.968. The maximum Gasteiger partial charge on any atom is 0.158 e. The molecule has 0 fully saturated rings. The lowest BCUT2D eigenvalue weighted by molar-refractivity contribution is -0.0720. The minimum Gasteiger partial charge on any atom is -0.508 e. The average Bonchev–Trinajstić information content (AvgIpc) is 2.04. The van der Waals surface area contributed by atoms with E-state index in [0.29, 0.717) is 6.42 Å². The summed E-state index contributed by atoms with van der Waals surface area (Å²) in [6.45, 7) is 0. The molecule has 2 N–H and O–H groups in total. The summed E-state index contributed by atoms with van der Waals surface area (Å²) < 4.78 is 4.67. The van der Waals surface area contributed by atoms with E-state index in [-0.39, 0.29) is 5.75 Å². The summed E-state index contributed by atoms with van der Waals surface area (Å²) in [5, 5.41) is 18.2. The molecule has 3 heteroatoms. The summed E-state index contributed by atoms with van der Waals surface area (Å²) in [7, 11) is 1.44. The second-order valence-electron chi connectivity index (χ2n) is 2.56. The van der Waals surface area contributed by atoms with Gasteiger partial charge >= 0.3 is 0 Å². The lowest BCUT2D eigenvalue weighted by Crippen LogP contribution is -2.11. The van der Waals surface area contributed by atoms with Gasteiger partial charge in [-0.2, -0.15) is 0 Å². The first-order valence-electron chi connectivity index (χ1n) is 3.71. The average molecular weight is 168 g/mol. The maximum atomic E-state index is 9.10. The Balaban J connectivity index is 2.63. The van der Waals surface area contributed by atoms with Crippen LogP contribution < -0.4 is 0 Å². The number of phenols is 1. The fourth-order valence-corrected chi connectivity index (χ4v) is 0.968. The predicted octanol–water partition coefficient (Wildman–Crippen LogP) is 0.899. The summed E-state index contributed by atoms with van der Waals surface area (Å²) in [5.41, 5.74) is 0.851. The van der Waals surface area contributed by atoms with E-state index in [9.17, 15) is 0 Å². The van der Waals surface area contributed by atoms with Gasteiger partial charge in [-0.25, -0.2) is 0 Å². The highest BCUT2D eigenvalue weighted by molar-refractivity contribution is 5.27. The second kappa shape index (κ2) is 4.09. The molecule has 0 aromatic heterocycles. The number of aromatic hydroxyl groups is 1. The van der Waals surface area contributed by atoms with Crippen LogP contribution in [0.1, 0.15) is 5.56 Å². The Hall–Kier alpha value is -1.06. The molecule has 1 rings (SSSR count). The Bertz CT molecular complexity index is 247. The molecule has 0 radical (unpaired) electrons. The summed E-state index contributed by atoms with van der Waals surface area (Å²) in [6.07, 6.45) is -0.406. The normalized spacial score (nSPS) is 12.8. The van der Waals surface area contributed by atoms with Crippen LogP contribution in [0.15, 0.2) is 24.3 Å². The number of aliphatic hydroxyl groups is 1. The van der Waals surface area contributed by atoms with Gasteiger partial charge in [-0.05, 0) is 17.7 Å². The molecule has 12 heavy (non-hydrogen) atoms. The van der Waals surface area contributed by atoms with Crippen molar-refractivity contribution in [1.82, 2.24) is 0 Å². The Labute approximate surface area is 71.2 Å². The predicted molar refractivity (Wildman–Crippen MR) is 44.8 cm³/mol. The molecule has 0 aliphatic rings. The molecule has 1 aromatic rings. The van der Waals surface area contributed by atoms with Gasteiger partial charge in [-0.1, -0.05) is 12.1 Å². The summed E-state index contributed by atoms with van der Waals surface area (Å²) in [5.74, 6) is 0.204. The summed E-state index contributed by atoms with van der Waals surface area (Å²) in [6, 6.07) is 6.74. The molecule has 0 aliphatic carbocycles. The van der Waals surface area contributed by atoms with Gasteiger partial charge < -0.3 is 14.9 Å². The summed E-state index contributed by atoms with van der Waals surface area (Å²) in [4.78, 5) is 0. The standard InChI is InChI=1S/C9H12O3/c1-12-9(11)6-7-3-2-4-8(10)5-7/h2-5,9-11H,6H2,1H3. The van der Waals surface area contributed by atoms with E-state index in [1.54, 1.807) is 18.2 Å². The van der Waals surface area contributed by atoms with Crippen molar-refractivity contribution in [2.24, 2.45) is 0 Å². The van der Waals surface area contributed by atoms with Crippen LogP contribution in [-0.4, -0.2) is 23.6 Å². The topological polar surface area (TPSA) is 49.7 Å². The SMILES string of the molecule is COC(O)Cc1cccc(O)c1. The quantitative estimate of drug-likeness (QED) is 0.659. The van der Waals surface area contributed by atoms with Gasteiger partial charge in [-0.15, -0.1) is 0 Å². The number of methoxy groups -OCH3 is 1. The molecule has 1 atom stereocenters. The Morgan fingerprint density at radius 2 is 2.25 bits per heavy atom.